The third kappa shape index (κ3) is 3.46. The Morgan fingerprint density at radius 2 is 1.87 bits per heavy atom. The first-order valence-corrected chi connectivity index (χ1v) is 8.21. The van der Waals surface area contributed by atoms with Gasteiger partial charge in [0.2, 0.25) is 0 Å². The van der Waals surface area contributed by atoms with Gasteiger partial charge in [0.05, 0.1) is 11.0 Å². The summed E-state index contributed by atoms with van der Waals surface area (Å²) in [5.74, 6) is -0.167. The first-order valence-electron chi connectivity index (χ1n) is 7.33. The Balaban J connectivity index is 1.96. The molecule has 0 saturated heterocycles. The highest BCUT2D eigenvalue weighted by atomic mass is 32.1. The summed E-state index contributed by atoms with van der Waals surface area (Å²) in [4.78, 5) is 20.9. The van der Waals surface area contributed by atoms with Crippen LogP contribution in [0.3, 0.4) is 0 Å². The Bertz CT molecular complexity index is 814. The molecular weight excluding hydrogens is 306 g/mol. The summed E-state index contributed by atoms with van der Waals surface area (Å²) >= 11 is 1.47. The second-order valence-corrected chi connectivity index (χ2v) is 6.36. The average molecular weight is 323 g/mol. The first kappa shape index (κ1) is 15.4. The number of benzene rings is 1. The van der Waals surface area contributed by atoms with Crippen LogP contribution in [-0.4, -0.2) is 15.9 Å². The van der Waals surface area contributed by atoms with Gasteiger partial charge in [0.15, 0.2) is 0 Å². The largest absolute Gasteiger partial charge is 0.340 e. The van der Waals surface area contributed by atoms with Crippen molar-refractivity contribution in [2.45, 2.75) is 19.9 Å². The summed E-state index contributed by atoms with van der Waals surface area (Å²) in [6.45, 7) is 3.94. The average Bonchev–Trinajstić information content (AvgIpc) is 3.01. The van der Waals surface area contributed by atoms with Crippen molar-refractivity contribution in [2.75, 3.05) is 0 Å². The molecule has 0 radical (unpaired) electrons. The van der Waals surface area contributed by atoms with Crippen molar-refractivity contribution in [1.82, 2.24) is 15.3 Å². The second-order valence-electron chi connectivity index (χ2n) is 5.30. The van der Waals surface area contributed by atoms with Crippen LogP contribution in [0.1, 0.15) is 38.2 Å². The van der Waals surface area contributed by atoms with Crippen molar-refractivity contribution < 1.29 is 4.79 Å². The summed E-state index contributed by atoms with van der Waals surface area (Å²) in [6, 6.07) is 11.7. The van der Waals surface area contributed by atoms with E-state index in [1.54, 1.807) is 17.8 Å². The standard InChI is InChI=1S/C18H17N3OS/c1-12-5-3-4-6-15(12)17(14-7-9-19-10-8-14)21-18(22)16-11-23-13(2)20-16/h3-11,17H,1-2H3,(H,21,22)/t17-/m0/s1. The maximum atomic E-state index is 12.5. The smallest absolute Gasteiger partial charge is 0.271 e. The molecule has 2 heterocycles. The predicted molar refractivity (Wildman–Crippen MR) is 91.6 cm³/mol. The number of nitrogens with zero attached hydrogens (tertiary/aromatic N) is 2. The molecule has 0 saturated carbocycles. The van der Waals surface area contributed by atoms with Crippen molar-refractivity contribution in [3.8, 4) is 0 Å². The number of hydrogen-bond donors (Lipinski definition) is 1. The van der Waals surface area contributed by atoms with Crippen LogP contribution < -0.4 is 5.32 Å². The topological polar surface area (TPSA) is 54.9 Å². The van der Waals surface area contributed by atoms with Gasteiger partial charge in [0, 0.05) is 17.8 Å². The molecule has 0 bridgehead atoms. The number of pyridine rings is 1. The van der Waals surface area contributed by atoms with Crippen LogP contribution in [0, 0.1) is 13.8 Å². The SMILES string of the molecule is Cc1nc(C(=O)N[C@@H](c2ccncc2)c2ccccc2C)cs1. The Labute approximate surface area is 139 Å². The van der Waals surface area contributed by atoms with Gasteiger partial charge in [-0.2, -0.15) is 0 Å². The van der Waals surface area contributed by atoms with Crippen LogP contribution in [0.25, 0.3) is 0 Å². The number of aromatic nitrogens is 2. The lowest BCUT2D eigenvalue weighted by Crippen LogP contribution is -2.30. The Morgan fingerprint density at radius 3 is 2.52 bits per heavy atom. The Morgan fingerprint density at radius 1 is 1.13 bits per heavy atom. The van der Waals surface area contributed by atoms with Crippen LogP contribution in [-0.2, 0) is 0 Å². The molecule has 116 valence electrons. The number of hydrogen-bond acceptors (Lipinski definition) is 4. The molecule has 0 aliphatic rings. The number of aryl methyl sites for hydroxylation is 2. The van der Waals surface area contributed by atoms with Gasteiger partial charge in [-0.15, -0.1) is 11.3 Å². The predicted octanol–water partition coefficient (Wildman–Crippen LogP) is 3.67. The number of rotatable bonds is 4. The van der Waals surface area contributed by atoms with Gasteiger partial charge < -0.3 is 5.32 Å². The van der Waals surface area contributed by atoms with Crippen molar-refractivity contribution in [3.05, 3.63) is 81.6 Å². The highest BCUT2D eigenvalue weighted by Crippen LogP contribution is 2.25. The minimum Gasteiger partial charge on any atom is -0.340 e. The van der Waals surface area contributed by atoms with E-state index < -0.39 is 0 Å². The zero-order chi connectivity index (χ0) is 16.2. The van der Waals surface area contributed by atoms with Gasteiger partial charge in [-0.3, -0.25) is 9.78 Å². The fourth-order valence-electron chi connectivity index (χ4n) is 2.48. The lowest BCUT2D eigenvalue weighted by Gasteiger charge is -2.21. The molecule has 0 unspecified atom stereocenters. The maximum absolute atomic E-state index is 12.5. The molecule has 2 aromatic heterocycles. The molecule has 0 fully saturated rings. The van der Waals surface area contributed by atoms with Crippen LogP contribution in [0.2, 0.25) is 0 Å². The minimum atomic E-state index is -0.228. The van der Waals surface area contributed by atoms with E-state index >= 15 is 0 Å². The van der Waals surface area contributed by atoms with E-state index in [1.165, 1.54) is 11.3 Å². The summed E-state index contributed by atoms with van der Waals surface area (Å²) in [7, 11) is 0. The fourth-order valence-corrected chi connectivity index (χ4v) is 3.07. The van der Waals surface area contributed by atoms with Gasteiger partial charge in [0.1, 0.15) is 5.69 Å². The van der Waals surface area contributed by atoms with E-state index in [-0.39, 0.29) is 11.9 Å². The molecule has 3 rings (SSSR count). The maximum Gasteiger partial charge on any atom is 0.271 e. The molecule has 1 atom stereocenters. The van der Waals surface area contributed by atoms with Crippen LogP contribution in [0.5, 0.6) is 0 Å². The quantitative estimate of drug-likeness (QED) is 0.797. The third-order valence-corrected chi connectivity index (χ3v) is 4.44. The zero-order valence-corrected chi connectivity index (χ0v) is 13.8. The van der Waals surface area contributed by atoms with Gasteiger partial charge in [-0.25, -0.2) is 4.98 Å². The highest BCUT2D eigenvalue weighted by molar-refractivity contribution is 7.09. The molecular formula is C18H17N3OS. The summed E-state index contributed by atoms with van der Waals surface area (Å²) in [6.07, 6.45) is 3.47. The van der Waals surface area contributed by atoms with Gasteiger partial charge in [0.25, 0.3) is 5.91 Å². The first-order chi connectivity index (χ1) is 11.1. The Kier molecular flexibility index (Phi) is 4.48. The van der Waals surface area contributed by atoms with E-state index in [0.717, 1.165) is 21.7 Å². The van der Waals surface area contributed by atoms with Gasteiger partial charge in [-0.05, 0) is 42.7 Å². The molecule has 1 aromatic carbocycles. The molecule has 23 heavy (non-hydrogen) atoms. The monoisotopic (exact) mass is 323 g/mol. The zero-order valence-electron chi connectivity index (χ0n) is 13.0. The van der Waals surface area contributed by atoms with E-state index in [1.807, 2.05) is 50.2 Å². The Hall–Kier alpha value is -2.53. The lowest BCUT2D eigenvalue weighted by molar-refractivity contribution is 0.0938. The lowest BCUT2D eigenvalue weighted by atomic mass is 9.95. The fraction of sp³-hybridized carbons (Fsp3) is 0.167. The van der Waals surface area contributed by atoms with Crippen molar-refractivity contribution in [2.24, 2.45) is 0 Å². The van der Waals surface area contributed by atoms with E-state index in [0.29, 0.717) is 5.69 Å². The highest BCUT2D eigenvalue weighted by Gasteiger charge is 2.20. The number of nitrogens with one attached hydrogen (secondary N) is 1. The van der Waals surface area contributed by atoms with Crippen LogP contribution in [0.4, 0.5) is 0 Å². The van der Waals surface area contributed by atoms with E-state index in [2.05, 4.69) is 15.3 Å². The number of amides is 1. The van der Waals surface area contributed by atoms with Crippen molar-refractivity contribution in [1.29, 1.82) is 0 Å². The number of carbonyl (C=O) groups is 1. The molecule has 1 N–H and O–H groups in total. The molecule has 3 aromatic rings. The summed E-state index contributed by atoms with van der Waals surface area (Å²) in [5.41, 5.74) is 3.65. The minimum absolute atomic E-state index is 0.167. The van der Waals surface area contributed by atoms with E-state index in [4.69, 9.17) is 0 Å². The summed E-state index contributed by atoms with van der Waals surface area (Å²) < 4.78 is 0. The number of thiazole rings is 1. The molecule has 5 heteroatoms. The van der Waals surface area contributed by atoms with Crippen LogP contribution in [0.15, 0.2) is 54.2 Å². The van der Waals surface area contributed by atoms with Crippen molar-refractivity contribution in [3.63, 3.8) is 0 Å². The van der Waals surface area contributed by atoms with Gasteiger partial charge in [-0.1, -0.05) is 24.3 Å². The normalized spacial score (nSPS) is 11.9. The molecule has 0 aliphatic carbocycles. The third-order valence-electron chi connectivity index (χ3n) is 3.67. The molecule has 1 amide bonds. The van der Waals surface area contributed by atoms with E-state index in [9.17, 15) is 4.79 Å². The second kappa shape index (κ2) is 6.71. The van der Waals surface area contributed by atoms with Crippen LogP contribution >= 0.6 is 11.3 Å². The summed E-state index contributed by atoms with van der Waals surface area (Å²) in [5, 5.41) is 5.76. The molecule has 0 aliphatic heterocycles. The van der Waals surface area contributed by atoms with Crippen molar-refractivity contribution >= 4 is 17.2 Å². The molecule has 0 spiro atoms. The van der Waals surface area contributed by atoms with Gasteiger partial charge >= 0.3 is 0 Å². The molecule has 4 nitrogen and oxygen atoms in total. The number of carbonyl (C=O) groups excluding carboxylic acids is 1.